The maximum atomic E-state index is 12.2. The van der Waals surface area contributed by atoms with Gasteiger partial charge >= 0.3 is 0 Å². The second-order valence-electron chi connectivity index (χ2n) is 6.87. The number of carbonyl (C=O) groups is 1. The molecular formula is C23H26N4O2S. The number of ether oxygens (including phenoxy) is 1. The van der Waals surface area contributed by atoms with E-state index in [0.29, 0.717) is 24.1 Å². The molecule has 1 aromatic heterocycles. The van der Waals surface area contributed by atoms with Crippen molar-refractivity contribution in [3.05, 3.63) is 84.2 Å². The van der Waals surface area contributed by atoms with Crippen LogP contribution in [0.15, 0.2) is 72.4 Å². The summed E-state index contributed by atoms with van der Waals surface area (Å²) in [5, 5.41) is 12.2. The summed E-state index contributed by atoms with van der Waals surface area (Å²) in [4.78, 5) is 12.2. The monoisotopic (exact) mass is 422 g/mol. The first-order valence-corrected chi connectivity index (χ1v) is 10.8. The van der Waals surface area contributed by atoms with Gasteiger partial charge in [-0.15, -0.1) is 16.8 Å². The Morgan fingerprint density at radius 1 is 1.23 bits per heavy atom. The Balaban J connectivity index is 1.61. The molecule has 0 radical (unpaired) electrons. The van der Waals surface area contributed by atoms with Crippen LogP contribution in [0.1, 0.15) is 30.0 Å². The van der Waals surface area contributed by atoms with Crippen molar-refractivity contribution in [1.29, 1.82) is 0 Å². The molecule has 0 aliphatic heterocycles. The summed E-state index contributed by atoms with van der Waals surface area (Å²) in [6.07, 6.45) is 1.49. The zero-order chi connectivity index (χ0) is 21.3. The summed E-state index contributed by atoms with van der Waals surface area (Å²) < 4.78 is 7.98. The van der Waals surface area contributed by atoms with E-state index in [1.165, 1.54) is 11.8 Å². The number of benzene rings is 2. The van der Waals surface area contributed by atoms with Crippen molar-refractivity contribution in [1.82, 2.24) is 20.1 Å². The standard InChI is InChI=1S/C23H26N4O2S/c1-4-13-27-22(18(3)29-20-12-8-9-17(2)14-20)25-26-23(27)30-16-21(28)24-15-19-10-6-5-7-11-19/h4-12,14,18H,1,13,15-16H2,2-3H3,(H,24,28). The Morgan fingerprint density at radius 2 is 2.03 bits per heavy atom. The summed E-state index contributed by atoms with van der Waals surface area (Å²) in [7, 11) is 0. The van der Waals surface area contributed by atoms with Crippen molar-refractivity contribution >= 4 is 17.7 Å². The number of hydrogen-bond acceptors (Lipinski definition) is 5. The third-order valence-electron chi connectivity index (χ3n) is 4.39. The van der Waals surface area contributed by atoms with Gasteiger partial charge in [0.05, 0.1) is 5.75 Å². The van der Waals surface area contributed by atoms with Gasteiger partial charge in [0, 0.05) is 13.1 Å². The SMILES string of the molecule is C=CCn1c(SCC(=O)NCc2ccccc2)nnc1C(C)Oc1cccc(C)c1. The topological polar surface area (TPSA) is 69.0 Å². The van der Waals surface area contributed by atoms with Crippen molar-refractivity contribution in [2.45, 2.75) is 38.2 Å². The number of amides is 1. The highest BCUT2D eigenvalue weighted by atomic mass is 32.2. The Morgan fingerprint density at radius 3 is 2.77 bits per heavy atom. The van der Waals surface area contributed by atoms with E-state index in [4.69, 9.17) is 4.74 Å². The van der Waals surface area contributed by atoms with Crippen LogP contribution in [0.2, 0.25) is 0 Å². The third-order valence-corrected chi connectivity index (χ3v) is 5.35. The number of hydrogen-bond donors (Lipinski definition) is 1. The molecule has 0 bridgehead atoms. The third kappa shape index (κ3) is 5.97. The maximum absolute atomic E-state index is 12.2. The average molecular weight is 423 g/mol. The Kier molecular flexibility index (Phi) is 7.68. The van der Waals surface area contributed by atoms with E-state index in [0.717, 1.165) is 16.9 Å². The highest BCUT2D eigenvalue weighted by Gasteiger charge is 2.19. The lowest BCUT2D eigenvalue weighted by molar-refractivity contribution is -0.118. The molecule has 0 fully saturated rings. The Labute approximate surface area is 181 Å². The van der Waals surface area contributed by atoms with Gasteiger partial charge in [-0.1, -0.05) is 60.3 Å². The lowest BCUT2D eigenvalue weighted by Crippen LogP contribution is -2.24. The number of nitrogens with one attached hydrogen (secondary N) is 1. The smallest absolute Gasteiger partial charge is 0.230 e. The summed E-state index contributed by atoms with van der Waals surface area (Å²) >= 11 is 1.35. The fourth-order valence-electron chi connectivity index (χ4n) is 2.93. The average Bonchev–Trinajstić information content (AvgIpc) is 3.14. The second-order valence-corrected chi connectivity index (χ2v) is 7.81. The van der Waals surface area contributed by atoms with Gasteiger partial charge in [-0.3, -0.25) is 9.36 Å². The first-order chi connectivity index (χ1) is 14.6. The number of aromatic nitrogens is 3. The molecule has 0 spiro atoms. The lowest BCUT2D eigenvalue weighted by Gasteiger charge is -2.16. The number of nitrogens with zero attached hydrogens (tertiary/aromatic N) is 3. The summed E-state index contributed by atoms with van der Waals surface area (Å²) in [6, 6.07) is 17.7. The van der Waals surface area contributed by atoms with Gasteiger partial charge in [-0.2, -0.15) is 0 Å². The summed E-state index contributed by atoms with van der Waals surface area (Å²) in [5.41, 5.74) is 2.19. The molecule has 2 aromatic carbocycles. The van der Waals surface area contributed by atoms with Crippen LogP contribution in [0, 0.1) is 6.92 Å². The quantitative estimate of drug-likeness (QED) is 0.389. The van der Waals surface area contributed by atoms with Crippen molar-refractivity contribution in [3.8, 4) is 5.75 Å². The van der Waals surface area contributed by atoms with E-state index >= 15 is 0 Å². The lowest BCUT2D eigenvalue weighted by atomic mass is 10.2. The summed E-state index contributed by atoms with van der Waals surface area (Å²) in [6.45, 7) is 8.83. The molecule has 1 amide bonds. The minimum absolute atomic E-state index is 0.0531. The fraction of sp³-hybridized carbons (Fsp3) is 0.261. The number of thioether (sulfide) groups is 1. The van der Waals surface area contributed by atoms with E-state index in [9.17, 15) is 4.79 Å². The van der Waals surface area contributed by atoms with Crippen LogP contribution < -0.4 is 10.1 Å². The molecule has 0 saturated heterocycles. The number of carbonyl (C=O) groups excluding carboxylic acids is 1. The van der Waals surface area contributed by atoms with Gasteiger partial charge in [0.2, 0.25) is 5.91 Å². The summed E-state index contributed by atoms with van der Waals surface area (Å²) in [5.74, 6) is 1.69. The van der Waals surface area contributed by atoms with Crippen LogP contribution in [-0.4, -0.2) is 26.4 Å². The zero-order valence-corrected chi connectivity index (χ0v) is 18.1. The van der Waals surface area contributed by atoms with Gasteiger partial charge in [-0.05, 0) is 37.1 Å². The highest BCUT2D eigenvalue weighted by molar-refractivity contribution is 7.99. The minimum atomic E-state index is -0.291. The molecule has 1 N–H and O–H groups in total. The molecule has 1 atom stereocenters. The largest absolute Gasteiger partial charge is 0.483 e. The molecule has 156 valence electrons. The van der Waals surface area contributed by atoms with Crippen LogP contribution in [0.4, 0.5) is 0 Å². The van der Waals surface area contributed by atoms with E-state index < -0.39 is 0 Å². The fourth-order valence-corrected chi connectivity index (χ4v) is 3.72. The van der Waals surface area contributed by atoms with E-state index in [1.54, 1.807) is 6.08 Å². The first kappa shape index (κ1) is 21.6. The van der Waals surface area contributed by atoms with Gasteiger partial charge in [0.1, 0.15) is 5.75 Å². The number of allylic oxidation sites excluding steroid dienone is 1. The number of rotatable bonds is 10. The zero-order valence-electron chi connectivity index (χ0n) is 17.2. The predicted octanol–water partition coefficient (Wildman–Crippen LogP) is 4.32. The predicted molar refractivity (Wildman–Crippen MR) is 119 cm³/mol. The number of aryl methyl sites for hydroxylation is 1. The van der Waals surface area contributed by atoms with Crippen LogP contribution >= 0.6 is 11.8 Å². The minimum Gasteiger partial charge on any atom is -0.483 e. The van der Waals surface area contributed by atoms with Crippen molar-refractivity contribution in [2.75, 3.05) is 5.75 Å². The Hall–Kier alpha value is -3.06. The molecule has 0 aliphatic rings. The van der Waals surface area contributed by atoms with Gasteiger partial charge in [0.15, 0.2) is 17.1 Å². The Bertz CT molecular complexity index is 988. The molecule has 1 heterocycles. The van der Waals surface area contributed by atoms with Crippen LogP contribution in [-0.2, 0) is 17.9 Å². The van der Waals surface area contributed by atoms with Gasteiger partial charge < -0.3 is 10.1 Å². The van der Waals surface area contributed by atoms with E-state index in [1.807, 2.05) is 73.0 Å². The normalized spacial score (nSPS) is 11.7. The molecule has 0 saturated carbocycles. The van der Waals surface area contributed by atoms with Crippen LogP contribution in [0.25, 0.3) is 0 Å². The van der Waals surface area contributed by atoms with Crippen molar-refractivity contribution in [2.24, 2.45) is 0 Å². The van der Waals surface area contributed by atoms with Gasteiger partial charge in [0.25, 0.3) is 0 Å². The molecule has 3 rings (SSSR count). The van der Waals surface area contributed by atoms with Crippen molar-refractivity contribution in [3.63, 3.8) is 0 Å². The molecule has 0 aliphatic carbocycles. The molecule has 1 unspecified atom stereocenters. The highest BCUT2D eigenvalue weighted by Crippen LogP contribution is 2.25. The van der Waals surface area contributed by atoms with Crippen LogP contribution in [0.5, 0.6) is 5.75 Å². The second kappa shape index (κ2) is 10.6. The van der Waals surface area contributed by atoms with Crippen molar-refractivity contribution < 1.29 is 9.53 Å². The van der Waals surface area contributed by atoms with Crippen LogP contribution in [0.3, 0.4) is 0 Å². The molecule has 3 aromatic rings. The molecular weight excluding hydrogens is 396 g/mol. The molecule has 30 heavy (non-hydrogen) atoms. The van der Waals surface area contributed by atoms with E-state index in [-0.39, 0.29) is 17.8 Å². The first-order valence-electron chi connectivity index (χ1n) is 9.77. The molecule has 6 nitrogen and oxygen atoms in total. The maximum Gasteiger partial charge on any atom is 0.230 e. The molecule has 7 heteroatoms. The van der Waals surface area contributed by atoms with E-state index in [2.05, 4.69) is 22.1 Å². The van der Waals surface area contributed by atoms with Gasteiger partial charge in [-0.25, -0.2) is 0 Å².